The zero-order chi connectivity index (χ0) is 15.6. The smallest absolute Gasteiger partial charge is 0.410 e. The molecule has 2 atom stereocenters. The Labute approximate surface area is 138 Å². The van der Waals surface area contributed by atoms with Crippen molar-refractivity contribution in [1.29, 1.82) is 0 Å². The molecule has 116 valence electrons. The van der Waals surface area contributed by atoms with E-state index in [0.29, 0.717) is 13.1 Å². The van der Waals surface area contributed by atoms with Crippen molar-refractivity contribution in [2.75, 3.05) is 13.1 Å². The topological polar surface area (TPSA) is 49.8 Å². The van der Waals surface area contributed by atoms with Crippen molar-refractivity contribution < 1.29 is 14.6 Å². The Morgan fingerprint density at radius 3 is 2.52 bits per heavy atom. The monoisotopic (exact) mass is 373 g/mol. The highest BCUT2D eigenvalue weighted by molar-refractivity contribution is 9.10. The number of likely N-dealkylation sites (tertiary alicyclic amines) is 1. The highest BCUT2D eigenvalue weighted by atomic mass is 79.9. The quantitative estimate of drug-likeness (QED) is 0.861. The molecule has 0 spiro atoms. The predicted molar refractivity (Wildman–Crippen MR) is 87.6 cm³/mol. The standard InChI is InChI=1S/C15H20BrNO3S/c1-15(2,3)20-14(19)17-8-12(18)13(9-17)21-11-6-4-10(16)5-7-11/h4-7,12-13,18H,8-9H2,1-3H3/t12-,13-/m1/s1. The first kappa shape index (κ1) is 16.6. The molecule has 2 rings (SSSR count). The summed E-state index contributed by atoms with van der Waals surface area (Å²) < 4.78 is 6.37. The van der Waals surface area contributed by atoms with Crippen LogP contribution >= 0.6 is 27.7 Å². The minimum atomic E-state index is -0.536. The van der Waals surface area contributed by atoms with Crippen LogP contribution in [0, 0.1) is 0 Å². The van der Waals surface area contributed by atoms with Crippen molar-refractivity contribution in [3.05, 3.63) is 28.7 Å². The molecule has 0 radical (unpaired) electrons. The number of hydrogen-bond acceptors (Lipinski definition) is 4. The molecule has 0 aliphatic carbocycles. The molecular formula is C15H20BrNO3S. The summed E-state index contributed by atoms with van der Waals surface area (Å²) in [4.78, 5) is 14.7. The SMILES string of the molecule is CC(C)(C)OC(=O)N1C[C@@H](O)[C@H](Sc2ccc(Br)cc2)C1. The summed E-state index contributed by atoms with van der Waals surface area (Å²) in [6.07, 6.45) is -0.897. The van der Waals surface area contributed by atoms with Crippen molar-refractivity contribution >= 4 is 33.8 Å². The summed E-state index contributed by atoms with van der Waals surface area (Å²) in [7, 11) is 0. The third-order valence-corrected chi connectivity index (χ3v) is 4.83. The number of aliphatic hydroxyl groups excluding tert-OH is 1. The Kier molecular flexibility index (Phi) is 5.22. The lowest BCUT2D eigenvalue weighted by atomic mass is 10.2. The van der Waals surface area contributed by atoms with Gasteiger partial charge in [-0.1, -0.05) is 15.9 Å². The van der Waals surface area contributed by atoms with Gasteiger partial charge >= 0.3 is 6.09 Å². The number of amides is 1. The number of nitrogens with zero attached hydrogens (tertiary/aromatic N) is 1. The van der Waals surface area contributed by atoms with E-state index < -0.39 is 11.7 Å². The van der Waals surface area contributed by atoms with Crippen LogP contribution in [0.2, 0.25) is 0 Å². The third kappa shape index (κ3) is 4.90. The second-order valence-corrected chi connectivity index (χ2v) is 8.29. The molecular weight excluding hydrogens is 354 g/mol. The number of ether oxygens (including phenoxy) is 1. The molecule has 6 heteroatoms. The number of β-amino-alcohol motifs (C(OH)–C–C–N with tert-alkyl or cyclic N) is 1. The van der Waals surface area contributed by atoms with Crippen LogP contribution in [0.5, 0.6) is 0 Å². The summed E-state index contributed by atoms with van der Waals surface area (Å²) in [6, 6.07) is 7.93. The van der Waals surface area contributed by atoms with Crippen LogP contribution in [0.1, 0.15) is 20.8 Å². The van der Waals surface area contributed by atoms with Gasteiger partial charge in [0.1, 0.15) is 5.60 Å². The van der Waals surface area contributed by atoms with E-state index in [9.17, 15) is 9.90 Å². The van der Waals surface area contributed by atoms with E-state index in [4.69, 9.17) is 4.74 Å². The molecule has 1 aliphatic heterocycles. The summed E-state index contributed by atoms with van der Waals surface area (Å²) in [5.74, 6) is 0. The summed E-state index contributed by atoms with van der Waals surface area (Å²) in [6.45, 7) is 6.34. The molecule has 0 aromatic heterocycles. The molecule has 1 heterocycles. The molecule has 0 bridgehead atoms. The Bertz CT molecular complexity index is 501. The summed E-state index contributed by atoms with van der Waals surface area (Å²) >= 11 is 4.99. The van der Waals surface area contributed by atoms with Gasteiger partial charge in [-0.15, -0.1) is 11.8 Å². The first-order valence-corrected chi connectivity index (χ1v) is 8.50. The molecule has 1 aromatic carbocycles. The van der Waals surface area contributed by atoms with E-state index in [0.717, 1.165) is 9.37 Å². The molecule has 21 heavy (non-hydrogen) atoms. The zero-order valence-corrected chi connectivity index (χ0v) is 14.8. The minimum Gasteiger partial charge on any atom is -0.444 e. The Morgan fingerprint density at radius 2 is 1.95 bits per heavy atom. The second kappa shape index (κ2) is 6.58. The van der Waals surface area contributed by atoms with E-state index >= 15 is 0 Å². The van der Waals surface area contributed by atoms with Gasteiger partial charge in [-0.2, -0.15) is 0 Å². The van der Waals surface area contributed by atoms with Gasteiger partial charge in [-0.05, 0) is 45.0 Å². The number of carbonyl (C=O) groups excluding carboxylic acids is 1. The van der Waals surface area contributed by atoms with Gasteiger partial charge in [0.25, 0.3) is 0 Å². The summed E-state index contributed by atoms with van der Waals surface area (Å²) in [5.41, 5.74) is -0.515. The van der Waals surface area contributed by atoms with E-state index in [-0.39, 0.29) is 11.3 Å². The third-order valence-electron chi connectivity index (χ3n) is 2.99. The average Bonchev–Trinajstić information content (AvgIpc) is 2.72. The van der Waals surface area contributed by atoms with E-state index in [1.165, 1.54) is 0 Å². The molecule has 1 saturated heterocycles. The maximum absolute atomic E-state index is 12.0. The Balaban J connectivity index is 1.94. The maximum atomic E-state index is 12.0. The largest absolute Gasteiger partial charge is 0.444 e. The molecule has 1 aromatic rings. The van der Waals surface area contributed by atoms with Crippen molar-refractivity contribution in [2.24, 2.45) is 0 Å². The van der Waals surface area contributed by atoms with Crippen molar-refractivity contribution in [3.63, 3.8) is 0 Å². The molecule has 4 nitrogen and oxygen atoms in total. The van der Waals surface area contributed by atoms with Crippen molar-refractivity contribution in [1.82, 2.24) is 4.90 Å². The van der Waals surface area contributed by atoms with Crippen LogP contribution in [-0.2, 0) is 4.74 Å². The molecule has 0 saturated carbocycles. The fourth-order valence-electron chi connectivity index (χ4n) is 2.04. The fraction of sp³-hybridized carbons (Fsp3) is 0.533. The van der Waals surface area contributed by atoms with Gasteiger partial charge in [0.05, 0.1) is 17.9 Å². The van der Waals surface area contributed by atoms with Gasteiger partial charge in [-0.3, -0.25) is 0 Å². The zero-order valence-electron chi connectivity index (χ0n) is 12.4. The number of hydrogen-bond donors (Lipinski definition) is 1. The number of rotatable bonds is 2. The fourth-order valence-corrected chi connectivity index (χ4v) is 3.44. The van der Waals surface area contributed by atoms with Crippen molar-refractivity contribution in [3.8, 4) is 0 Å². The van der Waals surface area contributed by atoms with Crippen LogP contribution in [0.15, 0.2) is 33.6 Å². The summed E-state index contributed by atoms with van der Waals surface area (Å²) in [5, 5.41) is 10.1. The Morgan fingerprint density at radius 1 is 1.33 bits per heavy atom. The lowest BCUT2D eigenvalue weighted by molar-refractivity contribution is 0.0270. The number of halogens is 1. The van der Waals surface area contributed by atoms with Gasteiger partial charge in [0.15, 0.2) is 0 Å². The number of aliphatic hydroxyl groups is 1. The van der Waals surface area contributed by atoms with Crippen LogP contribution in [0.3, 0.4) is 0 Å². The molecule has 1 N–H and O–H groups in total. The molecule has 1 fully saturated rings. The maximum Gasteiger partial charge on any atom is 0.410 e. The van der Waals surface area contributed by atoms with Crippen LogP contribution < -0.4 is 0 Å². The first-order valence-electron chi connectivity index (χ1n) is 6.83. The van der Waals surface area contributed by atoms with Crippen LogP contribution in [0.25, 0.3) is 0 Å². The number of carbonyl (C=O) groups is 1. The number of thioether (sulfide) groups is 1. The van der Waals surface area contributed by atoms with Crippen molar-refractivity contribution in [2.45, 2.75) is 42.6 Å². The average molecular weight is 374 g/mol. The Hall–Kier alpha value is -0.720. The molecule has 1 amide bonds. The van der Waals surface area contributed by atoms with Gasteiger partial charge < -0.3 is 14.7 Å². The molecule has 1 aliphatic rings. The van der Waals surface area contributed by atoms with E-state index in [1.807, 2.05) is 45.0 Å². The lowest BCUT2D eigenvalue weighted by Crippen LogP contribution is -2.35. The van der Waals surface area contributed by atoms with Crippen LogP contribution in [0.4, 0.5) is 4.79 Å². The number of benzene rings is 1. The lowest BCUT2D eigenvalue weighted by Gasteiger charge is -2.24. The van der Waals surface area contributed by atoms with Crippen LogP contribution in [-0.4, -0.2) is 46.1 Å². The first-order chi connectivity index (χ1) is 9.74. The van der Waals surface area contributed by atoms with Gasteiger partial charge in [0.2, 0.25) is 0 Å². The van der Waals surface area contributed by atoms with E-state index in [2.05, 4.69) is 15.9 Å². The minimum absolute atomic E-state index is 0.0290. The highest BCUT2D eigenvalue weighted by Crippen LogP contribution is 2.31. The van der Waals surface area contributed by atoms with Gasteiger partial charge in [0, 0.05) is 15.9 Å². The van der Waals surface area contributed by atoms with Gasteiger partial charge in [-0.25, -0.2) is 4.79 Å². The predicted octanol–water partition coefficient (Wildman–Crippen LogP) is 3.52. The molecule has 0 unspecified atom stereocenters. The van der Waals surface area contributed by atoms with E-state index in [1.54, 1.807) is 16.7 Å². The second-order valence-electron chi connectivity index (χ2n) is 6.06. The normalized spacial score (nSPS) is 22.4. The highest BCUT2D eigenvalue weighted by Gasteiger charge is 2.36.